The molecule has 0 saturated heterocycles. The van der Waals surface area contributed by atoms with Gasteiger partial charge in [-0.1, -0.05) is 25.1 Å². The smallest absolute Gasteiger partial charge is 0.224 e. The average molecular weight is 279 g/mol. The van der Waals surface area contributed by atoms with Gasteiger partial charge in [0.05, 0.1) is 11.8 Å². The van der Waals surface area contributed by atoms with E-state index in [0.29, 0.717) is 0 Å². The van der Waals surface area contributed by atoms with Crippen LogP contribution in [-0.4, -0.2) is 26.1 Å². The van der Waals surface area contributed by atoms with E-state index in [-0.39, 0.29) is 11.7 Å². The predicted octanol–water partition coefficient (Wildman–Crippen LogP) is 1.91. The van der Waals surface area contributed by atoms with Gasteiger partial charge in [0, 0.05) is 18.0 Å². The first kappa shape index (κ1) is 13.8. The van der Waals surface area contributed by atoms with Gasteiger partial charge in [-0.05, 0) is 24.1 Å². The fraction of sp³-hybridized carbons (Fsp3) is 0.357. The highest BCUT2D eigenvalue weighted by Gasteiger charge is 2.30. The number of hydrogen-bond acceptors (Lipinski definition) is 3. The summed E-state index contributed by atoms with van der Waals surface area (Å²) in [7, 11) is -3.18. The number of rotatable bonds is 3. The Kier molecular flexibility index (Phi) is 3.75. The Morgan fingerprint density at radius 3 is 2.58 bits per heavy atom. The molecule has 0 aliphatic carbocycles. The van der Waals surface area contributed by atoms with Crippen molar-refractivity contribution in [3.05, 3.63) is 41.3 Å². The van der Waals surface area contributed by atoms with Crippen LogP contribution in [0.3, 0.4) is 0 Å². The fourth-order valence-corrected chi connectivity index (χ4v) is 3.61. The van der Waals surface area contributed by atoms with Crippen LogP contribution in [0.15, 0.2) is 35.7 Å². The van der Waals surface area contributed by atoms with Crippen molar-refractivity contribution in [1.29, 1.82) is 0 Å². The molecule has 0 N–H and O–H groups in total. The van der Waals surface area contributed by atoms with Crippen molar-refractivity contribution in [2.75, 3.05) is 10.7 Å². The number of sulfone groups is 1. The molecule has 0 saturated carbocycles. The lowest BCUT2D eigenvalue weighted by Crippen LogP contribution is -2.40. The number of nitrogens with zero attached hydrogens (tertiary/aromatic N) is 1. The highest BCUT2D eigenvalue weighted by molar-refractivity contribution is 7.94. The lowest BCUT2D eigenvalue weighted by atomic mass is 10.1. The summed E-state index contributed by atoms with van der Waals surface area (Å²) in [6.07, 6.45) is 2.38. The van der Waals surface area contributed by atoms with E-state index in [1.165, 1.54) is 12.3 Å². The molecule has 1 atom stereocenters. The molecule has 0 fully saturated rings. The van der Waals surface area contributed by atoms with Crippen LogP contribution in [0.4, 0.5) is 5.69 Å². The third-order valence-corrected chi connectivity index (χ3v) is 4.59. The molecular formula is C14H17NO3S. The zero-order valence-corrected chi connectivity index (χ0v) is 11.9. The molecule has 1 heterocycles. The van der Waals surface area contributed by atoms with Gasteiger partial charge >= 0.3 is 0 Å². The van der Waals surface area contributed by atoms with E-state index >= 15 is 0 Å². The Bertz CT molecular complexity index is 619. The van der Waals surface area contributed by atoms with Crippen molar-refractivity contribution in [3.8, 4) is 0 Å². The topological polar surface area (TPSA) is 54.5 Å². The van der Waals surface area contributed by atoms with Crippen LogP contribution in [-0.2, 0) is 21.1 Å². The minimum absolute atomic E-state index is 0.0371. The molecule has 1 unspecified atom stereocenters. The van der Waals surface area contributed by atoms with E-state index in [2.05, 4.69) is 0 Å². The molecule has 0 spiro atoms. The number of carbonyl (C=O) groups excluding carboxylic acids is 1. The molecule has 0 aromatic heterocycles. The highest BCUT2D eigenvalue weighted by Crippen LogP contribution is 2.26. The summed E-state index contributed by atoms with van der Waals surface area (Å²) < 4.78 is 23.1. The molecule has 0 radical (unpaired) electrons. The second-order valence-electron chi connectivity index (χ2n) is 4.60. The maximum Gasteiger partial charge on any atom is 0.224 e. The summed E-state index contributed by atoms with van der Waals surface area (Å²) in [5.41, 5.74) is 1.83. The van der Waals surface area contributed by atoms with Gasteiger partial charge in [-0.2, -0.15) is 0 Å². The molecule has 4 nitrogen and oxygen atoms in total. The van der Waals surface area contributed by atoms with Crippen molar-refractivity contribution in [1.82, 2.24) is 0 Å². The highest BCUT2D eigenvalue weighted by atomic mass is 32.2. The van der Waals surface area contributed by atoms with E-state index in [1.807, 2.05) is 31.2 Å². The van der Waals surface area contributed by atoms with Crippen molar-refractivity contribution < 1.29 is 13.2 Å². The number of amides is 1. The van der Waals surface area contributed by atoms with Crippen LogP contribution in [0, 0.1) is 0 Å². The van der Waals surface area contributed by atoms with Crippen molar-refractivity contribution in [2.45, 2.75) is 26.3 Å². The number of anilines is 1. The van der Waals surface area contributed by atoms with Gasteiger partial charge in [0.25, 0.3) is 0 Å². The summed E-state index contributed by atoms with van der Waals surface area (Å²) in [4.78, 5) is 13.5. The summed E-state index contributed by atoms with van der Waals surface area (Å²) in [6.45, 7) is 3.48. The average Bonchev–Trinajstić information content (AvgIpc) is 2.70. The van der Waals surface area contributed by atoms with Crippen LogP contribution in [0.5, 0.6) is 0 Å². The molecule has 1 aliphatic rings. The molecule has 1 aromatic rings. The summed E-state index contributed by atoms with van der Waals surface area (Å²) in [5, 5.41) is 1.20. The van der Waals surface area contributed by atoms with Crippen molar-refractivity contribution in [3.63, 3.8) is 0 Å². The standard InChI is InChI=1S/C14H17NO3S/c1-3-12-6-4-5-7-14(12)15(11(2)16)13-8-9-19(17,18)10-13/h4-9,13H,3,10H2,1-2H3. The molecule has 1 aliphatic heterocycles. The van der Waals surface area contributed by atoms with E-state index in [4.69, 9.17) is 0 Å². The van der Waals surface area contributed by atoms with E-state index < -0.39 is 15.9 Å². The first-order valence-electron chi connectivity index (χ1n) is 6.23. The zero-order chi connectivity index (χ0) is 14.0. The lowest BCUT2D eigenvalue weighted by Gasteiger charge is -2.28. The molecule has 1 amide bonds. The third kappa shape index (κ3) is 2.87. The van der Waals surface area contributed by atoms with Gasteiger partial charge in [0.1, 0.15) is 0 Å². The normalized spacial score (nSPS) is 20.4. The summed E-state index contributed by atoms with van der Waals surface area (Å²) in [5.74, 6) is -0.183. The van der Waals surface area contributed by atoms with Crippen LogP contribution >= 0.6 is 0 Å². The summed E-state index contributed by atoms with van der Waals surface area (Å²) >= 11 is 0. The maximum absolute atomic E-state index is 11.9. The lowest BCUT2D eigenvalue weighted by molar-refractivity contribution is -0.116. The SMILES string of the molecule is CCc1ccccc1N(C(C)=O)C1C=CS(=O)(=O)C1. The number of hydrogen-bond donors (Lipinski definition) is 0. The Balaban J connectivity index is 2.42. The fourth-order valence-electron chi connectivity index (χ4n) is 2.35. The minimum atomic E-state index is -3.18. The molecular weight excluding hydrogens is 262 g/mol. The Hall–Kier alpha value is -1.62. The number of benzene rings is 1. The van der Waals surface area contributed by atoms with E-state index in [9.17, 15) is 13.2 Å². The van der Waals surface area contributed by atoms with Gasteiger partial charge in [-0.3, -0.25) is 4.79 Å². The van der Waals surface area contributed by atoms with Gasteiger partial charge in [-0.15, -0.1) is 0 Å². The predicted molar refractivity (Wildman–Crippen MR) is 75.7 cm³/mol. The Morgan fingerprint density at radius 1 is 1.37 bits per heavy atom. The van der Waals surface area contributed by atoms with E-state index in [1.54, 1.807) is 11.0 Å². The monoisotopic (exact) mass is 279 g/mol. The molecule has 1 aromatic carbocycles. The molecule has 19 heavy (non-hydrogen) atoms. The van der Waals surface area contributed by atoms with Crippen molar-refractivity contribution >= 4 is 21.4 Å². The van der Waals surface area contributed by atoms with Gasteiger partial charge in [0.2, 0.25) is 5.91 Å². The quantitative estimate of drug-likeness (QED) is 0.849. The Morgan fingerprint density at radius 2 is 2.05 bits per heavy atom. The third-order valence-electron chi connectivity index (χ3n) is 3.21. The number of para-hydroxylation sites is 1. The van der Waals surface area contributed by atoms with E-state index in [0.717, 1.165) is 17.7 Å². The van der Waals surface area contributed by atoms with Gasteiger partial charge in [-0.25, -0.2) is 8.42 Å². The summed E-state index contributed by atoms with van der Waals surface area (Å²) in [6, 6.07) is 7.19. The van der Waals surface area contributed by atoms with Crippen LogP contribution in [0.25, 0.3) is 0 Å². The number of aryl methyl sites for hydroxylation is 1. The van der Waals surface area contributed by atoms with Gasteiger partial charge < -0.3 is 4.90 Å². The van der Waals surface area contributed by atoms with Crippen LogP contribution < -0.4 is 4.90 Å². The minimum Gasteiger partial charge on any atom is -0.304 e. The second kappa shape index (κ2) is 5.17. The second-order valence-corrected chi connectivity index (χ2v) is 6.53. The first-order valence-corrected chi connectivity index (χ1v) is 7.95. The van der Waals surface area contributed by atoms with Crippen molar-refractivity contribution in [2.24, 2.45) is 0 Å². The van der Waals surface area contributed by atoms with Gasteiger partial charge in [0.15, 0.2) is 9.84 Å². The number of carbonyl (C=O) groups is 1. The first-order chi connectivity index (χ1) is 8.94. The maximum atomic E-state index is 11.9. The molecule has 5 heteroatoms. The Labute approximate surface area is 113 Å². The molecule has 102 valence electrons. The zero-order valence-electron chi connectivity index (χ0n) is 11.0. The molecule has 0 bridgehead atoms. The van der Waals surface area contributed by atoms with Crippen LogP contribution in [0.1, 0.15) is 19.4 Å². The molecule has 2 rings (SSSR count). The van der Waals surface area contributed by atoms with Crippen LogP contribution in [0.2, 0.25) is 0 Å². The largest absolute Gasteiger partial charge is 0.304 e.